The molecule has 0 saturated heterocycles. The number of nitrogens with zero attached hydrogens (tertiary/aromatic N) is 2. The van der Waals surface area contributed by atoms with Crippen LogP contribution in [0, 0.1) is 0 Å². The fourth-order valence-electron chi connectivity index (χ4n) is 2.03. The Morgan fingerprint density at radius 1 is 1.12 bits per heavy atom. The average Bonchev–Trinajstić information content (AvgIpc) is 3.06. The maximum absolute atomic E-state index is 11.9. The molecule has 1 heterocycles. The van der Waals surface area contributed by atoms with E-state index in [2.05, 4.69) is 15.5 Å². The minimum atomic E-state index is -0.113. The van der Waals surface area contributed by atoms with Gasteiger partial charge in [-0.05, 0) is 36.4 Å². The Morgan fingerprint density at radius 3 is 2.64 bits per heavy atom. The summed E-state index contributed by atoms with van der Waals surface area (Å²) in [6.45, 7) is 0. The van der Waals surface area contributed by atoms with E-state index in [1.54, 1.807) is 30.3 Å². The van der Waals surface area contributed by atoms with Gasteiger partial charge in [-0.2, -0.15) is 4.98 Å². The van der Waals surface area contributed by atoms with Gasteiger partial charge in [0.2, 0.25) is 17.6 Å². The predicted molar refractivity (Wildman–Crippen MR) is 101 cm³/mol. The van der Waals surface area contributed by atoms with Crippen LogP contribution in [0.15, 0.2) is 53.1 Å². The lowest BCUT2D eigenvalue weighted by molar-refractivity contribution is -0.113. The van der Waals surface area contributed by atoms with Crippen molar-refractivity contribution in [2.75, 3.05) is 11.1 Å². The molecule has 1 aromatic heterocycles. The smallest absolute Gasteiger partial charge is 0.236 e. The van der Waals surface area contributed by atoms with Gasteiger partial charge in [-0.15, -0.1) is 11.8 Å². The van der Waals surface area contributed by atoms with Crippen LogP contribution in [0.1, 0.15) is 5.89 Å². The number of amides is 1. The molecule has 0 atom stereocenters. The number of anilines is 1. The van der Waals surface area contributed by atoms with Gasteiger partial charge >= 0.3 is 0 Å². The Morgan fingerprint density at radius 2 is 1.88 bits per heavy atom. The number of benzene rings is 2. The standard InChI is InChI=1S/C17H13Cl2N3O2S/c18-11-5-7-12(8-6-11)20-15(23)9-25-10-16-21-17(22-24-16)13-3-1-2-4-14(13)19/h1-8H,9-10H2,(H,20,23). The highest BCUT2D eigenvalue weighted by molar-refractivity contribution is 7.99. The van der Waals surface area contributed by atoms with Gasteiger partial charge in [-0.25, -0.2) is 0 Å². The van der Waals surface area contributed by atoms with Gasteiger partial charge in [0.15, 0.2) is 0 Å². The molecule has 0 aliphatic heterocycles. The van der Waals surface area contributed by atoms with Crippen LogP contribution in [0.4, 0.5) is 5.69 Å². The van der Waals surface area contributed by atoms with Crippen molar-refractivity contribution in [2.45, 2.75) is 5.75 Å². The molecule has 3 rings (SSSR count). The van der Waals surface area contributed by atoms with Crippen molar-refractivity contribution in [1.29, 1.82) is 0 Å². The molecule has 0 radical (unpaired) electrons. The van der Waals surface area contributed by atoms with E-state index >= 15 is 0 Å². The van der Waals surface area contributed by atoms with Crippen molar-refractivity contribution < 1.29 is 9.32 Å². The van der Waals surface area contributed by atoms with Crippen LogP contribution in [0.2, 0.25) is 10.0 Å². The summed E-state index contributed by atoms with van der Waals surface area (Å²) < 4.78 is 5.20. The largest absolute Gasteiger partial charge is 0.338 e. The number of thioether (sulfide) groups is 1. The molecular weight excluding hydrogens is 381 g/mol. The molecule has 3 aromatic rings. The third-order valence-corrected chi connectivity index (χ3v) is 4.67. The first-order chi connectivity index (χ1) is 12.1. The number of rotatable bonds is 6. The number of carbonyl (C=O) groups excluding carboxylic acids is 1. The SMILES string of the molecule is O=C(CSCc1nc(-c2ccccc2Cl)no1)Nc1ccc(Cl)cc1. The van der Waals surface area contributed by atoms with Gasteiger partial charge in [0.25, 0.3) is 0 Å². The zero-order valence-corrected chi connectivity index (χ0v) is 15.2. The summed E-state index contributed by atoms with van der Waals surface area (Å²) in [5, 5.41) is 7.90. The topological polar surface area (TPSA) is 68.0 Å². The van der Waals surface area contributed by atoms with E-state index in [9.17, 15) is 4.79 Å². The Balaban J connectivity index is 1.50. The molecule has 25 heavy (non-hydrogen) atoms. The molecule has 5 nitrogen and oxygen atoms in total. The number of nitrogens with one attached hydrogen (secondary N) is 1. The van der Waals surface area contributed by atoms with E-state index in [-0.39, 0.29) is 11.7 Å². The van der Waals surface area contributed by atoms with E-state index in [1.165, 1.54) is 11.8 Å². The molecular formula is C17H13Cl2N3O2S. The van der Waals surface area contributed by atoms with Crippen LogP contribution in [-0.2, 0) is 10.5 Å². The lowest BCUT2D eigenvalue weighted by atomic mass is 10.2. The fourth-order valence-corrected chi connectivity index (χ4v) is 3.02. The monoisotopic (exact) mass is 393 g/mol. The summed E-state index contributed by atoms with van der Waals surface area (Å²) in [6, 6.07) is 14.2. The van der Waals surface area contributed by atoms with E-state index in [0.29, 0.717) is 38.8 Å². The average molecular weight is 394 g/mol. The number of hydrogen-bond donors (Lipinski definition) is 1. The molecule has 0 saturated carbocycles. The number of hydrogen-bond acceptors (Lipinski definition) is 5. The Labute approximate surface area is 158 Å². The molecule has 128 valence electrons. The zero-order chi connectivity index (χ0) is 17.6. The fraction of sp³-hybridized carbons (Fsp3) is 0.118. The number of halogens is 2. The summed E-state index contributed by atoms with van der Waals surface area (Å²) >= 11 is 13.3. The van der Waals surface area contributed by atoms with E-state index in [0.717, 1.165) is 0 Å². The number of aromatic nitrogens is 2. The quantitative estimate of drug-likeness (QED) is 0.643. The second kappa shape index (κ2) is 8.38. The number of carbonyl (C=O) groups is 1. The van der Waals surface area contributed by atoms with Crippen LogP contribution in [0.25, 0.3) is 11.4 Å². The molecule has 0 unspecified atom stereocenters. The van der Waals surface area contributed by atoms with Gasteiger partial charge in [0.1, 0.15) is 0 Å². The third-order valence-electron chi connectivity index (χ3n) is 3.17. The molecule has 0 aliphatic carbocycles. The van der Waals surface area contributed by atoms with E-state index < -0.39 is 0 Å². The first-order valence-electron chi connectivity index (χ1n) is 7.32. The van der Waals surface area contributed by atoms with Crippen LogP contribution < -0.4 is 5.32 Å². The van der Waals surface area contributed by atoms with Gasteiger partial charge < -0.3 is 9.84 Å². The van der Waals surface area contributed by atoms with Gasteiger partial charge in [-0.3, -0.25) is 4.79 Å². The van der Waals surface area contributed by atoms with Gasteiger partial charge in [-0.1, -0.05) is 40.5 Å². The van der Waals surface area contributed by atoms with Crippen LogP contribution in [0.5, 0.6) is 0 Å². The molecule has 1 N–H and O–H groups in total. The summed E-state index contributed by atoms with van der Waals surface area (Å²) in [5.41, 5.74) is 1.42. The molecule has 0 fully saturated rings. The molecule has 0 bridgehead atoms. The first-order valence-corrected chi connectivity index (χ1v) is 9.23. The summed E-state index contributed by atoms with van der Waals surface area (Å²) in [5.74, 6) is 1.47. The first kappa shape index (κ1) is 17.8. The molecule has 2 aromatic carbocycles. The van der Waals surface area contributed by atoms with Gasteiger partial charge in [0.05, 0.1) is 16.5 Å². The molecule has 8 heteroatoms. The van der Waals surface area contributed by atoms with Crippen molar-refractivity contribution in [3.8, 4) is 11.4 Å². The van der Waals surface area contributed by atoms with Crippen molar-refractivity contribution >= 4 is 46.6 Å². The maximum Gasteiger partial charge on any atom is 0.236 e. The van der Waals surface area contributed by atoms with Crippen LogP contribution in [-0.4, -0.2) is 21.8 Å². The Hall–Kier alpha value is -2.02. The maximum atomic E-state index is 11.9. The lowest BCUT2D eigenvalue weighted by Gasteiger charge is -2.04. The van der Waals surface area contributed by atoms with Crippen molar-refractivity contribution in [1.82, 2.24) is 10.1 Å². The van der Waals surface area contributed by atoms with Crippen molar-refractivity contribution in [2.24, 2.45) is 0 Å². The van der Waals surface area contributed by atoms with Crippen LogP contribution >= 0.6 is 35.0 Å². The van der Waals surface area contributed by atoms with Crippen molar-refractivity contribution in [3.05, 3.63) is 64.5 Å². The minimum Gasteiger partial charge on any atom is -0.338 e. The highest BCUT2D eigenvalue weighted by atomic mass is 35.5. The Bertz CT molecular complexity index is 868. The third kappa shape index (κ3) is 4.98. The summed E-state index contributed by atoms with van der Waals surface area (Å²) in [4.78, 5) is 16.2. The van der Waals surface area contributed by atoms with Gasteiger partial charge in [0, 0.05) is 16.3 Å². The normalized spacial score (nSPS) is 10.6. The van der Waals surface area contributed by atoms with Crippen molar-refractivity contribution in [3.63, 3.8) is 0 Å². The summed E-state index contributed by atoms with van der Waals surface area (Å²) in [6.07, 6.45) is 0. The zero-order valence-electron chi connectivity index (χ0n) is 12.9. The highest BCUT2D eigenvalue weighted by Crippen LogP contribution is 2.25. The second-order valence-corrected chi connectivity index (χ2v) is 6.87. The molecule has 0 aliphatic rings. The molecule has 0 spiro atoms. The highest BCUT2D eigenvalue weighted by Gasteiger charge is 2.12. The molecule has 1 amide bonds. The second-order valence-electron chi connectivity index (χ2n) is 5.04. The Kier molecular flexibility index (Phi) is 5.96. The minimum absolute atomic E-state index is 0.113. The van der Waals surface area contributed by atoms with E-state index in [1.807, 2.05) is 18.2 Å². The van der Waals surface area contributed by atoms with Crippen LogP contribution in [0.3, 0.4) is 0 Å². The van der Waals surface area contributed by atoms with E-state index in [4.69, 9.17) is 27.7 Å². The summed E-state index contributed by atoms with van der Waals surface area (Å²) in [7, 11) is 0. The predicted octanol–water partition coefficient (Wildman–Crippen LogP) is 4.92. The lowest BCUT2D eigenvalue weighted by Crippen LogP contribution is -2.14.